The Morgan fingerprint density at radius 1 is 1.37 bits per heavy atom. The predicted molar refractivity (Wildman–Crippen MR) is 75.0 cm³/mol. The van der Waals surface area contributed by atoms with E-state index in [0.717, 1.165) is 18.4 Å². The Balaban J connectivity index is 1.94. The van der Waals surface area contributed by atoms with Crippen LogP contribution in [0.1, 0.15) is 18.4 Å². The average molecular weight is 286 g/mol. The first-order chi connectivity index (χ1) is 9.15. The molecule has 0 radical (unpaired) electrons. The van der Waals surface area contributed by atoms with Crippen LogP contribution in [0.25, 0.3) is 0 Å². The highest BCUT2D eigenvalue weighted by Gasteiger charge is 2.29. The molecule has 0 aromatic heterocycles. The molecule has 1 saturated carbocycles. The first kappa shape index (κ1) is 14.4. The van der Waals surface area contributed by atoms with E-state index in [-0.39, 0.29) is 6.10 Å². The number of rotatable bonds is 7. The number of nitrogens with one attached hydrogen (secondary N) is 1. The zero-order valence-corrected chi connectivity index (χ0v) is 12.0. The van der Waals surface area contributed by atoms with Gasteiger partial charge < -0.3 is 19.9 Å². The van der Waals surface area contributed by atoms with Gasteiger partial charge in [-0.15, -0.1) is 0 Å². The normalized spacial score (nSPS) is 16.2. The lowest BCUT2D eigenvalue weighted by molar-refractivity contribution is 0.148. The van der Waals surface area contributed by atoms with Crippen LogP contribution in [0.15, 0.2) is 12.1 Å². The summed E-state index contributed by atoms with van der Waals surface area (Å²) >= 11 is 6.13. The van der Waals surface area contributed by atoms with Crippen LogP contribution in [-0.4, -0.2) is 32.0 Å². The van der Waals surface area contributed by atoms with Crippen LogP contribution in [0.4, 0.5) is 0 Å². The maximum absolute atomic E-state index is 9.77. The monoisotopic (exact) mass is 285 g/mol. The van der Waals surface area contributed by atoms with Gasteiger partial charge in [-0.25, -0.2) is 0 Å². The van der Waals surface area contributed by atoms with Crippen molar-refractivity contribution >= 4 is 11.6 Å². The number of ether oxygens (including phenoxy) is 2. The van der Waals surface area contributed by atoms with Crippen molar-refractivity contribution < 1.29 is 14.6 Å². The van der Waals surface area contributed by atoms with E-state index in [1.165, 1.54) is 0 Å². The van der Waals surface area contributed by atoms with Crippen LogP contribution in [0.2, 0.25) is 5.02 Å². The summed E-state index contributed by atoms with van der Waals surface area (Å²) in [6, 6.07) is 3.74. The third kappa shape index (κ3) is 3.75. The fourth-order valence-electron chi connectivity index (χ4n) is 2.09. The summed E-state index contributed by atoms with van der Waals surface area (Å²) in [5.41, 5.74) is 1.01. The Labute approximate surface area is 118 Å². The van der Waals surface area contributed by atoms with E-state index in [1.807, 2.05) is 12.1 Å². The lowest BCUT2D eigenvalue weighted by Crippen LogP contribution is -2.27. The third-order valence-corrected chi connectivity index (χ3v) is 3.62. The van der Waals surface area contributed by atoms with E-state index in [4.69, 9.17) is 21.1 Å². The molecule has 4 nitrogen and oxygen atoms in total. The van der Waals surface area contributed by atoms with Crippen LogP contribution in [0.5, 0.6) is 11.5 Å². The molecule has 2 rings (SSSR count). The number of methoxy groups -OCH3 is 2. The molecular formula is C14H20ClNO3. The topological polar surface area (TPSA) is 50.7 Å². The Morgan fingerprint density at radius 3 is 2.68 bits per heavy atom. The minimum absolute atomic E-state index is 0.240. The van der Waals surface area contributed by atoms with E-state index in [2.05, 4.69) is 5.32 Å². The van der Waals surface area contributed by atoms with Gasteiger partial charge >= 0.3 is 0 Å². The summed E-state index contributed by atoms with van der Waals surface area (Å²) in [6.45, 7) is 1.25. The van der Waals surface area contributed by atoms with Crippen LogP contribution in [0, 0.1) is 5.92 Å². The first-order valence-electron chi connectivity index (χ1n) is 6.45. The number of aliphatic hydroxyl groups excluding tert-OH is 1. The average Bonchev–Trinajstić information content (AvgIpc) is 3.22. The molecule has 0 saturated heterocycles. The van der Waals surface area contributed by atoms with Gasteiger partial charge in [0.05, 0.1) is 25.3 Å². The van der Waals surface area contributed by atoms with Gasteiger partial charge in [0.15, 0.2) is 11.5 Å². The van der Waals surface area contributed by atoms with Gasteiger partial charge in [0.1, 0.15) is 0 Å². The van der Waals surface area contributed by atoms with E-state index >= 15 is 0 Å². The molecule has 5 heteroatoms. The van der Waals surface area contributed by atoms with Crippen molar-refractivity contribution in [3.63, 3.8) is 0 Å². The van der Waals surface area contributed by atoms with Crippen LogP contribution < -0.4 is 14.8 Å². The fraction of sp³-hybridized carbons (Fsp3) is 0.571. The SMILES string of the molecule is COc1cc(CNCC(O)C2CC2)cc(Cl)c1OC. The number of benzene rings is 1. The largest absolute Gasteiger partial charge is 0.493 e. The lowest BCUT2D eigenvalue weighted by Gasteiger charge is -2.13. The molecule has 1 aliphatic carbocycles. The van der Waals surface area contributed by atoms with Gasteiger partial charge in [-0.05, 0) is 36.5 Å². The second-order valence-corrected chi connectivity index (χ2v) is 5.26. The molecule has 1 aromatic rings. The van der Waals surface area contributed by atoms with Crippen molar-refractivity contribution in [1.82, 2.24) is 5.32 Å². The number of hydrogen-bond acceptors (Lipinski definition) is 4. The van der Waals surface area contributed by atoms with Gasteiger partial charge in [-0.1, -0.05) is 11.6 Å². The maximum atomic E-state index is 9.77. The Morgan fingerprint density at radius 2 is 2.11 bits per heavy atom. The van der Waals surface area contributed by atoms with Crippen LogP contribution in [0.3, 0.4) is 0 Å². The highest BCUT2D eigenvalue weighted by Crippen LogP contribution is 2.36. The molecule has 1 aromatic carbocycles. The molecule has 2 N–H and O–H groups in total. The van der Waals surface area contributed by atoms with Gasteiger partial charge in [0.2, 0.25) is 0 Å². The molecule has 0 amide bonds. The van der Waals surface area contributed by atoms with Crippen molar-refractivity contribution in [2.45, 2.75) is 25.5 Å². The number of aliphatic hydroxyl groups is 1. The minimum atomic E-state index is -0.240. The van der Waals surface area contributed by atoms with Crippen molar-refractivity contribution in [2.75, 3.05) is 20.8 Å². The second-order valence-electron chi connectivity index (χ2n) is 4.85. The highest BCUT2D eigenvalue weighted by molar-refractivity contribution is 6.32. The molecule has 0 heterocycles. The first-order valence-corrected chi connectivity index (χ1v) is 6.82. The van der Waals surface area contributed by atoms with Gasteiger partial charge in [0.25, 0.3) is 0 Å². The van der Waals surface area contributed by atoms with Crippen molar-refractivity contribution in [3.05, 3.63) is 22.7 Å². The molecule has 19 heavy (non-hydrogen) atoms. The molecular weight excluding hydrogens is 266 g/mol. The smallest absolute Gasteiger partial charge is 0.179 e. The van der Waals surface area contributed by atoms with Crippen molar-refractivity contribution in [2.24, 2.45) is 5.92 Å². The minimum Gasteiger partial charge on any atom is -0.493 e. The van der Waals surface area contributed by atoms with Crippen LogP contribution in [-0.2, 0) is 6.54 Å². The standard InChI is InChI=1S/C14H20ClNO3/c1-18-13-6-9(5-11(15)14(13)19-2)7-16-8-12(17)10-3-4-10/h5-6,10,12,16-17H,3-4,7-8H2,1-2H3. The van der Waals surface area contributed by atoms with Gasteiger partial charge in [0, 0.05) is 13.1 Å². The molecule has 1 fully saturated rings. The molecule has 1 unspecified atom stereocenters. The van der Waals surface area contributed by atoms with Crippen LogP contribution >= 0.6 is 11.6 Å². The Hall–Kier alpha value is -0.970. The van der Waals surface area contributed by atoms with E-state index in [0.29, 0.717) is 35.5 Å². The maximum Gasteiger partial charge on any atom is 0.179 e. The van der Waals surface area contributed by atoms with Crippen molar-refractivity contribution in [3.8, 4) is 11.5 Å². The molecule has 1 aliphatic rings. The number of halogens is 1. The van der Waals surface area contributed by atoms with E-state index in [9.17, 15) is 5.11 Å². The second kappa shape index (κ2) is 6.46. The highest BCUT2D eigenvalue weighted by atomic mass is 35.5. The molecule has 0 spiro atoms. The molecule has 0 aliphatic heterocycles. The third-order valence-electron chi connectivity index (χ3n) is 3.34. The number of hydrogen-bond donors (Lipinski definition) is 2. The summed E-state index contributed by atoms with van der Waals surface area (Å²) in [5.74, 6) is 1.65. The fourth-order valence-corrected chi connectivity index (χ4v) is 2.40. The Bertz CT molecular complexity index is 435. The van der Waals surface area contributed by atoms with Gasteiger partial charge in [-0.2, -0.15) is 0 Å². The predicted octanol–water partition coefficient (Wildman–Crippen LogP) is 2.22. The molecule has 106 valence electrons. The van der Waals surface area contributed by atoms with Crippen molar-refractivity contribution in [1.29, 1.82) is 0 Å². The summed E-state index contributed by atoms with van der Waals surface area (Å²) in [5, 5.41) is 13.5. The summed E-state index contributed by atoms with van der Waals surface area (Å²) in [7, 11) is 3.15. The van der Waals surface area contributed by atoms with E-state index in [1.54, 1.807) is 14.2 Å². The zero-order valence-electron chi connectivity index (χ0n) is 11.3. The zero-order chi connectivity index (χ0) is 13.8. The lowest BCUT2D eigenvalue weighted by atomic mass is 10.2. The summed E-state index contributed by atoms with van der Waals surface area (Å²) in [4.78, 5) is 0. The molecule has 1 atom stereocenters. The summed E-state index contributed by atoms with van der Waals surface area (Å²) < 4.78 is 10.4. The van der Waals surface area contributed by atoms with Gasteiger partial charge in [-0.3, -0.25) is 0 Å². The quantitative estimate of drug-likeness (QED) is 0.806. The Kier molecular flexibility index (Phi) is 4.91. The van der Waals surface area contributed by atoms with E-state index < -0.39 is 0 Å². The molecule has 0 bridgehead atoms. The summed E-state index contributed by atoms with van der Waals surface area (Å²) in [6.07, 6.45) is 2.05.